The Morgan fingerprint density at radius 2 is 1.72 bits per heavy atom. The van der Waals surface area contributed by atoms with Crippen LogP contribution in [0.25, 0.3) is 0 Å². The summed E-state index contributed by atoms with van der Waals surface area (Å²) in [6.07, 6.45) is 0. The van der Waals surface area contributed by atoms with Gasteiger partial charge >= 0.3 is 0 Å². The number of anilines is 1. The van der Waals surface area contributed by atoms with Crippen LogP contribution >= 0.6 is 11.8 Å². The highest BCUT2D eigenvalue weighted by atomic mass is 32.2. The predicted molar refractivity (Wildman–Crippen MR) is 79.3 cm³/mol. The minimum atomic E-state index is 0.322. The van der Waals surface area contributed by atoms with E-state index < -0.39 is 0 Å². The molecule has 2 aromatic carbocycles. The summed E-state index contributed by atoms with van der Waals surface area (Å²) >= 11 is 1.77. The molecule has 0 saturated heterocycles. The molecule has 0 fully saturated rings. The van der Waals surface area contributed by atoms with Crippen molar-refractivity contribution in [2.45, 2.75) is 5.25 Å². The number of fused-ring (bicyclic) bond motifs is 1. The lowest BCUT2D eigenvalue weighted by molar-refractivity contribution is 1.16. The van der Waals surface area contributed by atoms with Crippen LogP contribution in [0.15, 0.2) is 59.6 Å². The van der Waals surface area contributed by atoms with E-state index in [1.54, 1.807) is 11.8 Å². The molecule has 90 valence electrons. The average Bonchev–Trinajstić information content (AvgIpc) is 2.47. The van der Waals surface area contributed by atoms with E-state index in [9.17, 15) is 0 Å². The van der Waals surface area contributed by atoms with Crippen molar-refractivity contribution >= 4 is 22.6 Å². The first-order valence-corrected chi connectivity index (χ1v) is 6.81. The summed E-state index contributed by atoms with van der Waals surface area (Å²) in [6.45, 7) is 0. The van der Waals surface area contributed by atoms with Crippen LogP contribution in [0.4, 0.5) is 5.69 Å². The number of benzene rings is 2. The first-order valence-electron chi connectivity index (χ1n) is 5.93. The Morgan fingerprint density at radius 1 is 1.00 bits per heavy atom. The standard InChI is InChI=1S/C15H14N2S/c1-16-15-17-13-10-6-5-9-12(13)14(18-15)11-7-3-2-4-8-11/h2-10,14H,1H3,(H,16,17). The second-order valence-electron chi connectivity index (χ2n) is 4.15. The Bertz CT molecular complexity index is 578. The Hall–Kier alpha value is -1.74. The van der Waals surface area contributed by atoms with E-state index in [0.29, 0.717) is 5.25 Å². The molecular weight excluding hydrogens is 240 g/mol. The van der Waals surface area contributed by atoms with Crippen LogP contribution in [0.2, 0.25) is 0 Å². The lowest BCUT2D eigenvalue weighted by atomic mass is 10.0. The van der Waals surface area contributed by atoms with Gasteiger partial charge in [0.15, 0.2) is 5.17 Å². The molecule has 1 unspecified atom stereocenters. The summed E-state index contributed by atoms with van der Waals surface area (Å²) in [4.78, 5) is 4.29. The molecule has 0 spiro atoms. The van der Waals surface area contributed by atoms with Crippen LogP contribution in [0.5, 0.6) is 0 Å². The molecule has 1 atom stereocenters. The molecule has 0 bridgehead atoms. The third-order valence-electron chi connectivity index (χ3n) is 3.02. The number of thioether (sulfide) groups is 1. The van der Waals surface area contributed by atoms with Crippen molar-refractivity contribution < 1.29 is 0 Å². The number of hydrogen-bond donors (Lipinski definition) is 1. The molecule has 3 rings (SSSR count). The monoisotopic (exact) mass is 254 g/mol. The smallest absolute Gasteiger partial charge is 0.161 e. The van der Waals surface area contributed by atoms with Gasteiger partial charge in [-0.2, -0.15) is 0 Å². The third-order valence-corrected chi connectivity index (χ3v) is 4.29. The summed E-state index contributed by atoms with van der Waals surface area (Å²) in [5.74, 6) is 0. The van der Waals surface area contributed by atoms with Crippen molar-refractivity contribution in [2.24, 2.45) is 4.99 Å². The van der Waals surface area contributed by atoms with Crippen molar-refractivity contribution in [1.82, 2.24) is 0 Å². The lowest BCUT2D eigenvalue weighted by Gasteiger charge is -2.27. The van der Waals surface area contributed by atoms with Crippen molar-refractivity contribution in [2.75, 3.05) is 12.4 Å². The van der Waals surface area contributed by atoms with Crippen molar-refractivity contribution in [3.63, 3.8) is 0 Å². The quantitative estimate of drug-likeness (QED) is 0.834. The number of aliphatic imine (C=N–C) groups is 1. The zero-order chi connectivity index (χ0) is 12.4. The van der Waals surface area contributed by atoms with Gasteiger partial charge < -0.3 is 5.32 Å². The van der Waals surface area contributed by atoms with Gasteiger partial charge in [-0.05, 0) is 17.2 Å². The number of nitrogens with zero attached hydrogens (tertiary/aromatic N) is 1. The molecule has 1 heterocycles. The van der Waals surface area contributed by atoms with Crippen molar-refractivity contribution in [3.05, 3.63) is 65.7 Å². The zero-order valence-corrected chi connectivity index (χ0v) is 10.9. The van der Waals surface area contributed by atoms with E-state index in [1.165, 1.54) is 11.1 Å². The highest BCUT2D eigenvalue weighted by Gasteiger charge is 2.25. The first-order chi connectivity index (χ1) is 8.88. The molecule has 0 radical (unpaired) electrons. The lowest BCUT2D eigenvalue weighted by Crippen LogP contribution is -2.18. The van der Waals surface area contributed by atoms with E-state index >= 15 is 0 Å². The molecule has 2 nitrogen and oxygen atoms in total. The minimum absolute atomic E-state index is 0.322. The van der Waals surface area contributed by atoms with Gasteiger partial charge in [0.05, 0.1) is 5.25 Å². The molecule has 1 N–H and O–H groups in total. The molecule has 0 amide bonds. The molecule has 3 heteroatoms. The van der Waals surface area contributed by atoms with Crippen LogP contribution in [-0.4, -0.2) is 12.2 Å². The molecule has 1 aliphatic heterocycles. The predicted octanol–water partition coefficient (Wildman–Crippen LogP) is 3.92. The number of hydrogen-bond acceptors (Lipinski definition) is 2. The van der Waals surface area contributed by atoms with Crippen LogP contribution in [0.3, 0.4) is 0 Å². The SMILES string of the molecule is CN=C1Nc2ccccc2C(c2ccccc2)S1. The summed E-state index contributed by atoms with van der Waals surface area (Å²) in [6, 6.07) is 19.0. The Morgan fingerprint density at radius 3 is 2.50 bits per heavy atom. The topological polar surface area (TPSA) is 24.4 Å². The zero-order valence-electron chi connectivity index (χ0n) is 10.1. The maximum Gasteiger partial charge on any atom is 0.161 e. The van der Waals surface area contributed by atoms with Gasteiger partial charge in [0.25, 0.3) is 0 Å². The molecule has 1 aliphatic rings. The first kappa shape index (κ1) is 11.4. The molecule has 0 aromatic heterocycles. The van der Waals surface area contributed by atoms with Crippen LogP contribution < -0.4 is 5.32 Å². The van der Waals surface area contributed by atoms with E-state index in [0.717, 1.165) is 10.9 Å². The Kier molecular flexibility index (Phi) is 3.07. The van der Waals surface area contributed by atoms with E-state index in [1.807, 2.05) is 7.05 Å². The largest absolute Gasteiger partial charge is 0.335 e. The maximum atomic E-state index is 4.29. The number of nitrogens with one attached hydrogen (secondary N) is 1. The summed E-state index contributed by atoms with van der Waals surface area (Å²) in [7, 11) is 1.82. The van der Waals surface area contributed by atoms with Crippen LogP contribution in [0.1, 0.15) is 16.4 Å². The van der Waals surface area contributed by atoms with Gasteiger partial charge in [-0.15, -0.1) is 0 Å². The summed E-state index contributed by atoms with van der Waals surface area (Å²) in [5.41, 5.74) is 3.80. The second kappa shape index (κ2) is 4.86. The Balaban J connectivity index is 2.09. The normalized spacial score (nSPS) is 20.3. The highest BCUT2D eigenvalue weighted by Crippen LogP contribution is 2.43. The maximum absolute atomic E-state index is 4.29. The van der Waals surface area contributed by atoms with E-state index in [2.05, 4.69) is 64.9 Å². The molecule has 0 aliphatic carbocycles. The van der Waals surface area contributed by atoms with Crippen LogP contribution in [0, 0.1) is 0 Å². The average molecular weight is 254 g/mol. The summed E-state index contributed by atoms with van der Waals surface area (Å²) in [5, 5.41) is 4.66. The third kappa shape index (κ3) is 2.02. The van der Waals surface area contributed by atoms with Gasteiger partial charge in [-0.3, -0.25) is 4.99 Å². The minimum Gasteiger partial charge on any atom is -0.335 e. The van der Waals surface area contributed by atoms with E-state index in [4.69, 9.17) is 0 Å². The van der Waals surface area contributed by atoms with E-state index in [-0.39, 0.29) is 0 Å². The fourth-order valence-electron chi connectivity index (χ4n) is 2.14. The Labute approximate surface area is 111 Å². The molecular formula is C15H14N2S. The van der Waals surface area contributed by atoms with Crippen molar-refractivity contribution in [1.29, 1.82) is 0 Å². The van der Waals surface area contributed by atoms with Gasteiger partial charge in [0, 0.05) is 12.7 Å². The highest BCUT2D eigenvalue weighted by molar-refractivity contribution is 8.14. The second-order valence-corrected chi connectivity index (χ2v) is 5.24. The number of rotatable bonds is 1. The van der Waals surface area contributed by atoms with Crippen molar-refractivity contribution in [3.8, 4) is 0 Å². The fraction of sp³-hybridized carbons (Fsp3) is 0.133. The van der Waals surface area contributed by atoms with Gasteiger partial charge in [0.1, 0.15) is 0 Å². The summed E-state index contributed by atoms with van der Waals surface area (Å²) < 4.78 is 0. The van der Waals surface area contributed by atoms with Gasteiger partial charge in [-0.25, -0.2) is 0 Å². The van der Waals surface area contributed by atoms with Gasteiger partial charge in [0.2, 0.25) is 0 Å². The molecule has 2 aromatic rings. The number of para-hydroxylation sites is 1. The number of amidine groups is 1. The molecule has 18 heavy (non-hydrogen) atoms. The van der Waals surface area contributed by atoms with Crippen LogP contribution in [-0.2, 0) is 0 Å². The molecule has 0 saturated carbocycles. The van der Waals surface area contributed by atoms with Gasteiger partial charge in [-0.1, -0.05) is 60.3 Å². The fourth-order valence-corrected chi connectivity index (χ4v) is 3.27.